The predicted octanol–water partition coefficient (Wildman–Crippen LogP) is 1.98. The average Bonchev–Trinajstić information content (AvgIpc) is 3.01. The quantitative estimate of drug-likeness (QED) is 0.374. The number of anilines is 1. The summed E-state index contributed by atoms with van der Waals surface area (Å²) in [7, 11) is 1.23. The summed E-state index contributed by atoms with van der Waals surface area (Å²) < 4.78 is 4.83. The van der Waals surface area contributed by atoms with Crippen LogP contribution < -0.4 is 15.7 Å². The van der Waals surface area contributed by atoms with Crippen LogP contribution in [0.3, 0.4) is 0 Å². The lowest BCUT2D eigenvalue weighted by Crippen LogP contribution is -2.31. The van der Waals surface area contributed by atoms with Gasteiger partial charge in [0.2, 0.25) is 0 Å². The van der Waals surface area contributed by atoms with Gasteiger partial charge in [-0.25, -0.2) is 10.3 Å². The summed E-state index contributed by atoms with van der Waals surface area (Å²) in [5, 5.41) is 14.5. The lowest BCUT2D eigenvalue weighted by molar-refractivity contribution is -0.431. The summed E-state index contributed by atoms with van der Waals surface area (Å²) in [6, 6.07) is 4.99. The number of benzene rings is 1. The fourth-order valence-electron chi connectivity index (χ4n) is 2.98. The van der Waals surface area contributed by atoms with E-state index in [-0.39, 0.29) is 11.3 Å². The molecule has 1 aromatic carbocycles. The van der Waals surface area contributed by atoms with Gasteiger partial charge in [0, 0.05) is 11.3 Å². The van der Waals surface area contributed by atoms with E-state index in [4.69, 9.17) is 14.6 Å². The van der Waals surface area contributed by atoms with Crippen molar-refractivity contribution in [3.8, 4) is 5.75 Å². The Kier molecular flexibility index (Phi) is 3.86. The first-order chi connectivity index (χ1) is 11.5. The fourth-order valence-corrected chi connectivity index (χ4v) is 2.98. The minimum atomic E-state index is -0.929. The number of ether oxygens (including phenoxy) is 1. The SMILES string of the molecule is COC(=O)C1=C(C)NC(C)=C([N+](=O)[O-])C1c1cccc2c1NOO2. The summed E-state index contributed by atoms with van der Waals surface area (Å²) in [5.74, 6) is -1.19. The van der Waals surface area contributed by atoms with Crippen molar-refractivity contribution in [3.05, 3.63) is 56.5 Å². The molecule has 0 spiro atoms. The molecule has 0 aromatic heterocycles. The minimum absolute atomic E-state index is 0.136. The number of hydrogen-bond acceptors (Lipinski definition) is 8. The molecule has 0 saturated carbocycles. The van der Waals surface area contributed by atoms with Crippen LogP contribution in [0, 0.1) is 10.1 Å². The molecule has 0 aliphatic carbocycles. The topological polar surface area (TPSA) is 112 Å². The number of fused-ring (bicyclic) bond motifs is 1. The summed E-state index contributed by atoms with van der Waals surface area (Å²) in [6.45, 7) is 3.26. The van der Waals surface area contributed by atoms with Crippen molar-refractivity contribution in [3.63, 3.8) is 0 Å². The molecule has 0 fully saturated rings. The van der Waals surface area contributed by atoms with E-state index < -0.39 is 16.8 Å². The maximum atomic E-state index is 12.3. The van der Waals surface area contributed by atoms with E-state index in [1.807, 2.05) is 0 Å². The molecule has 1 aromatic rings. The standard InChI is InChI=1S/C15H15N3O6/c1-7-11(15(19)22-3)12(14(18(20)21)8(2)16-7)9-5-4-6-10-13(9)17-24-23-10/h4-6,12,16-17H,1-3H3. The Labute approximate surface area is 136 Å². The van der Waals surface area contributed by atoms with Gasteiger partial charge in [0.05, 0.1) is 23.3 Å². The molecule has 1 atom stereocenters. The Morgan fingerprint density at radius 1 is 1.33 bits per heavy atom. The van der Waals surface area contributed by atoms with Gasteiger partial charge >= 0.3 is 5.97 Å². The number of dihydropyridines is 1. The number of esters is 1. The van der Waals surface area contributed by atoms with Gasteiger partial charge in [0.1, 0.15) is 11.6 Å². The highest BCUT2D eigenvalue weighted by Crippen LogP contribution is 2.45. The van der Waals surface area contributed by atoms with E-state index in [2.05, 4.69) is 10.8 Å². The number of nitrogens with one attached hydrogen (secondary N) is 2. The first-order valence-electron chi connectivity index (χ1n) is 7.09. The third-order valence-electron chi connectivity index (χ3n) is 3.97. The van der Waals surface area contributed by atoms with Crippen LogP contribution in [0.1, 0.15) is 25.3 Å². The number of para-hydroxylation sites is 1. The molecule has 126 valence electrons. The number of hydrogen-bond donors (Lipinski definition) is 2. The van der Waals surface area contributed by atoms with Gasteiger partial charge in [0.25, 0.3) is 5.70 Å². The molecule has 9 nitrogen and oxygen atoms in total. The maximum Gasteiger partial charge on any atom is 0.336 e. The molecule has 0 saturated heterocycles. The van der Waals surface area contributed by atoms with Gasteiger partial charge < -0.3 is 14.9 Å². The van der Waals surface area contributed by atoms with Crippen molar-refractivity contribution in [1.82, 2.24) is 5.32 Å². The number of rotatable bonds is 3. The second-order valence-corrected chi connectivity index (χ2v) is 5.34. The van der Waals surface area contributed by atoms with Crippen LogP contribution in [0.4, 0.5) is 5.69 Å². The molecule has 3 rings (SSSR count). The summed E-state index contributed by atoms with van der Waals surface area (Å²) in [5.41, 5.74) is 4.36. The molecular weight excluding hydrogens is 318 g/mol. The second kappa shape index (κ2) is 5.85. The Hall–Kier alpha value is -3.07. The number of methoxy groups -OCH3 is 1. The molecule has 1 unspecified atom stereocenters. The van der Waals surface area contributed by atoms with E-state index in [1.165, 1.54) is 7.11 Å². The lowest BCUT2D eigenvalue weighted by Gasteiger charge is -2.26. The first kappa shape index (κ1) is 15.8. The normalized spacial score (nSPS) is 19.2. The highest BCUT2D eigenvalue weighted by molar-refractivity contribution is 5.93. The Morgan fingerprint density at radius 3 is 2.75 bits per heavy atom. The molecule has 9 heteroatoms. The summed E-state index contributed by atoms with van der Waals surface area (Å²) in [4.78, 5) is 33.1. The van der Waals surface area contributed by atoms with Crippen LogP contribution in [0.15, 0.2) is 40.9 Å². The zero-order valence-corrected chi connectivity index (χ0v) is 13.2. The molecule has 24 heavy (non-hydrogen) atoms. The summed E-state index contributed by atoms with van der Waals surface area (Å²) in [6.07, 6.45) is 0. The molecule has 0 amide bonds. The summed E-state index contributed by atoms with van der Waals surface area (Å²) >= 11 is 0. The van der Waals surface area contributed by atoms with Crippen molar-refractivity contribution >= 4 is 11.7 Å². The van der Waals surface area contributed by atoms with Crippen molar-refractivity contribution in [2.75, 3.05) is 12.6 Å². The minimum Gasteiger partial charge on any atom is -0.466 e. The van der Waals surface area contributed by atoms with Gasteiger partial charge in [-0.2, -0.15) is 0 Å². The fraction of sp³-hybridized carbons (Fsp3) is 0.267. The highest BCUT2D eigenvalue weighted by atomic mass is 17.3. The van der Waals surface area contributed by atoms with Crippen LogP contribution in [0.5, 0.6) is 5.75 Å². The number of allylic oxidation sites excluding steroid dienone is 3. The van der Waals surface area contributed by atoms with E-state index in [9.17, 15) is 14.9 Å². The lowest BCUT2D eigenvalue weighted by atomic mass is 9.83. The molecule has 0 radical (unpaired) electrons. The van der Waals surface area contributed by atoms with Crippen molar-refractivity contribution in [2.24, 2.45) is 0 Å². The van der Waals surface area contributed by atoms with Crippen LogP contribution in [-0.4, -0.2) is 18.0 Å². The third kappa shape index (κ3) is 2.35. The van der Waals surface area contributed by atoms with Crippen LogP contribution >= 0.6 is 0 Å². The van der Waals surface area contributed by atoms with Gasteiger partial charge in [-0.15, -0.1) is 0 Å². The van der Waals surface area contributed by atoms with Gasteiger partial charge in [-0.05, 0) is 19.9 Å². The number of carbonyl (C=O) groups excluding carboxylic acids is 1. The average molecular weight is 333 g/mol. The molecule has 2 N–H and O–H groups in total. The predicted molar refractivity (Wildman–Crippen MR) is 82.1 cm³/mol. The smallest absolute Gasteiger partial charge is 0.336 e. The van der Waals surface area contributed by atoms with E-state index in [0.29, 0.717) is 28.4 Å². The van der Waals surface area contributed by atoms with Crippen LogP contribution in [-0.2, 0) is 14.5 Å². The maximum absolute atomic E-state index is 12.3. The molecule has 2 aliphatic heterocycles. The van der Waals surface area contributed by atoms with Crippen molar-refractivity contribution in [2.45, 2.75) is 19.8 Å². The Balaban J connectivity index is 2.25. The Morgan fingerprint density at radius 2 is 2.08 bits per heavy atom. The number of nitro groups is 1. The van der Waals surface area contributed by atoms with Crippen LogP contribution in [0.25, 0.3) is 0 Å². The second-order valence-electron chi connectivity index (χ2n) is 5.34. The molecule has 2 heterocycles. The van der Waals surface area contributed by atoms with E-state index >= 15 is 0 Å². The molecule has 2 aliphatic rings. The number of nitrogens with zero attached hydrogens (tertiary/aromatic N) is 1. The monoisotopic (exact) mass is 333 g/mol. The molecule has 0 bridgehead atoms. The van der Waals surface area contributed by atoms with Gasteiger partial charge in [0.15, 0.2) is 5.75 Å². The van der Waals surface area contributed by atoms with Gasteiger partial charge in [-0.3, -0.25) is 10.1 Å². The zero-order chi connectivity index (χ0) is 17.4. The van der Waals surface area contributed by atoms with E-state index in [1.54, 1.807) is 32.0 Å². The Bertz CT molecular complexity index is 798. The van der Waals surface area contributed by atoms with Crippen molar-refractivity contribution in [1.29, 1.82) is 0 Å². The first-order valence-corrected chi connectivity index (χ1v) is 7.09. The largest absolute Gasteiger partial charge is 0.466 e. The van der Waals surface area contributed by atoms with Crippen LogP contribution in [0.2, 0.25) is 0 Å². The highest BCUT2D eigenvalue weighted by Gasteiger charge is 2.42. The number of carbonyl (C=O) groups is 1. The molecular formula is C15H15N3O6. The van der Waals surface area contributed by atoms with E-state index in [0.717, 1.165) is 0 Å². The van der Waals surface area contributed by atoms with Crippen molar-refractivity contribution < 1.29 is 24.3 Å². The van der Waals surface area contributed by atoms with Gasteiger partial charge in [-0.1, -0.05) is 17.1 Å². The third-order valence-corrected chi connectivity index (χ3v) is 3.97. The zero-order valence-electron chi connectivity index (χ0n) is 13.2.